The molecule has 0 aromatic heterocycles. The number of nitrogens with zero attached hydrogens (tertiary/aromatic N) is 1. The van der Waals surface area contributed by atoms with Crippen LogP contribution in [-0.2, 0) is 25.5 Å². The first kappa shape index (κ1) is 24.9. The largest absolute Gasteiger partial charge is 0.490 e. The molecule has 1 aliphatic rings. The first-order valence-electron chi connectivity index (χ1n) is 8.91. The van der Waals surface area contributed by atoms with Gasteiger partial charge in [-0.15, -0.1) is 0 Å². The lowest BCUT2D eigenvalue weighted by atomic mass is 9.95. The van der Waals surface area contributed by atoms with Gasteiger partial charge in [0.05, 0.1) is 6.04 Å². The standard InChI is InChI=1S/C17H21NO5.C2HF3O2/c1-11(2)8-14(16(20)21)15(19)18-13(10-23-17(18)22)9-12-6-4-3-5-7-12;3-2(4,5)1(6)7/h3-7,11,13-14H,8-10H2,1-2H3,(H,20,21);(H,6,7). The third kappa shape index (κ3) is 7.37. The zero-order valence-electron chi connectivity index (χ0n) is 16.3. The van der Waals surface area contributed by atoms with E-state index in [0.29, 0.717) is 6.42 Å². The Hall–Kier alpha value is -3.11. The molecule has 2 N–H and O–H groups in total. The fourth-order valence-electron chi connectivity index (χ4n) is 2.71. The van der Waals surface area contributed by atoms with Gasteiger partial charge in [0.1, 0.15) is 12.5 Å². The third-order valence-corrected chi connectivity index (χ3v) is 4.06. The van der Waals surface area contributed by atoms with Crippen LogP contribution in [0, 0.1) is 11.8 Å². The van der Waals surface area contributed by atoms with Crippen molar-refractivity contribution in [3.05, 3.63) is 35.9 Å². The van der Waals surface area contributed by atoms with Crippen LogP contribution in [0.3, 0.4) is 0 Å². The molecule has 11 heteroatoms. The highest BCUT2D eigenvalue weighted by Gasteiger charge is 2.43. The number of cyclic esters (lactones) is 1. The van der Waals surface area contributed by atoms with Crippen molar-refractivity contribution < 1.29 is 47.3 Å². The molecule has 1 saturated heterocycles. The number of halogens is 3. The zero-order chi connectivity index (χ0) is 23.1. The molecule has 0 bridgehead atoms. The Balaban J connectivity index is 0.000000553. The van der Waals surface area contributed by atoms with Crippen LogP contribution in [0.25, 0.3) is 0 Å². The molecule has 8 nitrogen and oxygen atoms in total. The summed E-state index contributed by atoms with van der Waals surface area (Å²) in [7, 11) is 0. The SMILES string of the molecule is CC(C)CC(C(=O)O)C(=O)N1C(=O)OCC1Cc1ccccc1.O=C(O)C(F)(F)F. The number of aliphatic carboxylic acids is 2. The number of hydrogen-bond donors (Lipinski definition) is 2. The number of rotatable bonds is 6. The Morgan fingerprint density at radius 1 is 1.17 bits per heavy atom. The molecule has 1 aromatic rings. The lowest BCUT2D eigenvalue weighted by molar-refractivity contribution is -0.192. The van der Waals surface area contributed by atoms with E-state index >= 15 is 0 Å². The maximum absolute atomic E-state index is 12.6. The van der Waals surface area contributed by atoms with Gasteiger partial charge in [-0.2, -0.15) is 13.2 Å². The molecule has 0 aliphatic carbocycles. The van der Waals surface area contributed by atoms with Crippen LogP contribution in [0.5, 0.6) is 0 Å². The van der Waals surface area contributed by atoms with Crippen LogP contribution < -0.4 is 0 Å². The van der Waals surface area contributed by atoms with Crippen LogP contribution in [0.2, 0.25) is 0 Å². The number of carboxylic acids is 2. The van der Waals surface area contributed by atoms with Crippen LogP contribution >= 0.6 is 0 Å². The lowest BCUT2D eigenvalue weighted by Gasteiger charge is -2.23. The molecule has 2 unspecified atom stereocenters. The first-order valence-corrected chi connectivity index (χ1v) is 8.91. The Morgan fingerprint density at radius 2 is 1.70 bits per heavy atom. The summed E-state index contributed by atoms with van der Waals surface area (Å²) in [5.41, 5.74) is 0.962. The van der Waals surface area contributed by atoms with E-state index in [1.165, 1.54) is 0 Å². The van der Waals surface area contributed by atoms with Crippen molar-refractivity contribution in [2.45, 2.75) is 38.9 Å². The van der Waals surface area contributed by atoms with Gasteiger partial charge in [0.2, 0.25) is 5.91 Å². The molecular formula is C19H22F3NO7. The maximum atomic E-state index is 12.6. The van der Waals surface area contributed by atoms with Crippen LogP contribution in [0.4, 0.5) is 18.0 Å². The molecule has 30 heavy (non-hydrogen) atoms. The predicted octanol–water partition coefficient (Wildman–Crippen LogP) is 2.96. The molecule has 1 aromatic carbocycles. The van der Waals surface area contributed by atoms with E-state index in [2.05, 4.69) is 0 Å². The van der Waals surface area contributed by atoms with E-state index in [1.54, 1.807) is 0 Å². The summed E-state index contributed by atoms with van der Waals surface area (Å²) in [5, 5.41) is 16.4. The van der Waals surface area contributed by atoms with Crippen LogP contribution in [0.1, 0.15) is 25.8 Å². The molecule has 2 amide bonds. The van der Waals surface area contributed by atoms with Gasteiger partial charge >= 0.3 is 24.2 Å². The second kappa shape index (κ2) is 10.6. The molecule has 2 rings (SSSR count). The highest BCUT2D eigenvalue weighted by atomic mass is 19.4. The molecule has 1 heterocycles. The monoisotopic (exact) mass is 433 g/mol. The second-order valence-corrected chi connectivity index (χ2v) is 6.95. The number of imide groups is 1. The predicted molar refractivity (Wildman–Crippen MR) is 96.4 cm³/mol. The van der Waals surface area contributed by atoms with Crippen molar-refractivity contribution in [2.75, 3.05) is 6.61 Å². The number of benzene rings is 1. The van der Waals surface area contributed by atoms with E-state index in [9.17, 15) is 32.7 Å². The van der Waals surface area contributed by atoms with Crippen molar-refractivity contribution in [3.63, 3.8) is 0 Å². The molecular weight excluding hydrogens is 411 g/mol. The van der Waals surface area contributed by atoms with Gasteiger partial charge in [-0.25, -0.2) is 14.5 Å². The molecule has 0 saturated carbocycles. The summed E-state index contributed by atoms with van der Waals surface area (Å²) in [6.07, 6.45) is -5.20. The smallest absolute Gasteiger partial charge is 0.481 e. The van der Waals surface area contributed by atoms with E-state index < -0.39 is 42.1 Å². The average molecular weight is 433 g/mol. The molecule has 0 spiro atoms. The summed E-state index contributed by atoms with van der Waals surface area (Å²) < 4.78 is 36.7. The summed E-state index contributed by atoms with van der Waals surface area (Å²) in [4.78, 5) is 45.8. The Bertz CT molecular complexity index is 765. The summed E-state index contributed by atoms with van der Waals surface area (Å²) in [6.45, 7) is 3.77. The number of ether oxygens (including phenoxy) is 1. The number of hydrogen-bond acceptors (Lipinski definition) is 5. The molecule has 0 radical (unpaired) electrons. The Kier molecular flexibility index (Phi) is 8.81. The highest BCUT2D eigenvalue weighted by Crippen LogP contribution is 2.23. The van der Waals surface area contributed by atoms with Gasteiger partial charge in [0.25, 0.3) is 0 Å². The molecule has 2 atom stereocenters. The summed E-state index contributed by atoms with van der Waals surface area (Å²) >= 11 is 0. The zero-order valence-corrected chi connectivity index (χ0v) is 16.3. The maximum Gasteiger partial charge on any atom is 0.490 e. The minimum absolute atomic E-state index is 0.0336. The fourth-order valence-corrected chi connectivity index (χ4v) is 2.71. The number of alkyl halides is 3. The second-order valence-electron chi connectivity index (χ2n) is 6.95. The molecule has 166 valence electrons. The van der Waals surface area contributed by atoms with E-state index in [4.69, 9.17) is 14.6 Å². The van der Waals surface area contributed by atoms with Crippen molar-refractivity contribution in [3.8, 4) is 0 Å². The van der Waals surface area contributed by atoms with Gasteiger partial charge in [0.15, 0.2) is 0 Å². The van der Waals surface area contributed by atoms with E-state index in [-0.39, 0.29) is 18.9 Å². The molecule has 1 fully saturated rings. The fraction of sp³-hybridized carbons (Fsp3) is 0.474. The van der Waals surface area contributed by atoms with Gasteiger partial charge in [-0.05, 0) is 24.3 Å². The number of amides is 2. The van der Waals surface area contributed by atoms with Crippen molar-refractivity contribution in [2.24, 2.45) is 11.8 Å². The average Bonchev–Trinajstić information content (AvgIpc) is 2.99. The van der Waals surface area contributed by atoms with Gasteiger partial charge in [-0.1, -0.05) is 44.2 Å². The van der Waals surface area contributed by atoms with Gasteiger partial charge in [-0.3, -0.25) is 9.59 Å². The Morgan fingerprint density at radius 3 is 2.13 bits per heavy atom. The Labute approximate surface area is 170 Å². The van der Waals surface area contributed by atoms with Gasteiger partial charge in [0, 0.05) is 0 Å². The quantitative estimate of drug-likeness (QED) is 0.662. The van der Waals surface area contributed by atoms with E-state index in [0.717, 1.165) is 10.5 Å². The van der Waals surface area contributed by atoms with E-state index in [1.807, 2.05) is 44.2 Å². The summed E-state index contributed by atoms with van der Waals surface area (Å²) in [6, 6.07) is 8.95. The highest BCUT2D eigenvalue weighted by molar-refractivity contribution is 6.04. The normalized spacial score (nSPS) is 17.1. The minimum Gasteiger partial charge on any atom is -0.481 e. The summed E-state index contributed by atoms with van der Waals surface area (Å²) in [5.74, 6) is -5.84. The number of carbonyl (C=O) groups is 4. The number of carbonyl (C=O) groups excluding carboxylic acids is 2. The van der Waals surface area contributed by atoms with Crippen molar-refractivity contribution >= 4 is 23.9 Å². The van der Waals surface area contributed by atoms with Crippen LogP contribution in [-0.4, -0.2) is 57.9 Å². The minimum atomic E-state index is -5.08. The first-order chi connectivity index (χ1) is 13.8. The lowest BCUT2D eigenvalue weighted by Crippen LogP contribution is -2.46. The third-order valence-electron chi connectivity index (χ3n) is 4.06. The topological polar surface area (TPSA) is 121 Å². The molecule has 1 aliphatic heterocycles. The van der Waals surface area contributed by atoms with Crippen LogP contribution in [0.15, 0.2) is 30.3 Å². The van der Waals surface area contributed by atoms with Crippen molar-refractivity contribution in [1.29, 1.82) is 0 Å². The van der Waals surface area contributed by atoms with Crippen molar-refractivity contribution in [1.82, 2.24) is 4.90 Å². The number of carboxylic acid groups (broad SMARTS) is 2. The van der Waals surface area contributed by atoms with Gasteiger partial charge < -0.3 is 14.9 Å².